The smallest absolute Gasteiger partial charge is 0.211 e. The van der Waals surface area contributed by atoms with Crippen molar-refractivity contribution < 1.29 is 8.42 Å². The van der Waals surface area contributed by atoms with Gasteiger partial charge in [-0.15, -0.1) is 0 Å². The minimum absolute atomic E-state index is 0.412. The van der Waals surface area contributed by atoms with Crippen molar-refractivity contribution in [1.29, 1.82) is 5.26 Å². The summed E-state index contributed by atoms with van der Waals surface area (Å²) in [6.45, 7) is 0.908. The molecule has 6 heteroatoms. The summed E-state index contributed by atoms with van der Waals surface area (Å²) in [5.41, 5.74) is 6.92. The van der Waals surface area contributed by atoms with Crippen molar-refractivity contribution in [2.75, 3.05) is 18.1 Å². The zero-order chi connectivity index (χ0) is 20.4. The number of rotatable bonds is 4. The van der Waals surface area contributed by atoms with Crippen molar-refractivity contribution in [3.8, 4) is 17.2 Å². The number of anilines is 2. The highest BCUT2D eigenvalue weighted by Crippen LogP contribution is 2.31. The van der Waals surface area contributed by atoms with E-state index in [9.17, 15) is 8.42 Å². The predicted molar refractivity (Wildman–Crippen MR) is 115 cm³/mol. The van der Waals surface area contributed by atoms with Gasteiger partial charge in [-0.05, 0) is 59.0 Å². The summed E-state index contributed by atoms with van der Waals surface area (Å²) in [7, 11) is -3.19. The molecule has 29 heavy (non-hydrogen) atoms. The number of nitrogens with zero attached hydrogens (tertiary/aromatic N) is 2. The third kappa shape index (κ3) is 4.16. The summed E-state index contributed by atoms with van der Waals surface area (Å²) >= 11 is 0. The Morgan fingerprint density at radius 2 is 1.76 bits per heavy atom. The van der Waals surface area contributed by atoms with Gasteiger partial charge in [-0.3, -0.25) is 0 Å². The lowest BCUT2D eigenvalue weighted by molar-refractivity contribution is 0.395. The number of fused-ring (bicyclic) bond motifs is 1. The van der Waals surface area contributed by atoms with E-state index >= 15 is 0 Å². The first kappa shape index (κ1) is 19.2. The molecule has 0 spiro atoms. The van der Waals surface area contributed by atoms with E-state index in [2.05, 4.69) is 17.5 Å². The highest BCUT2D eigenvalue weighted by atomic mass is 32.2. The topological polar surface area (TPSA) is 73.2 Å². The molecule has 3 aromatic rings. The number of sulfonamides is 1. The van der Waals surface area contributed by atoms with Crippen LogP contribution in [0, 0.1) is 11.3 Å². The fourth-order valence-corrected chi connectivity index (χ4v) is 4.45. The Morgan fingerprint density at radius 1 is 1.00 bits per heavy atom. The first-order valence-electron chi connectivity index (χ1n) is 9.37. The first-order chi connectivity index (χ1) is 13.9. The molecule has 0 radical (unpaired) electrons. The van der Waals surface area contributed by atoms with Crippen LogP contribution in [0.2, 0.25) is 0 Å². The Morgan fingerprint density at radius 3 is 2.48 bits per heavy atom. The van der Waals surface area contributed by atoms with E-state index in [0.29, 0.717) is 25.1 Å². The molecule has 0 saturated heterocycles. The van der Waals surface area contributed by atoms with E-state index in [0.717, 1.165) is 33.6 Å². The SMILES string of the molecule is CS(=O)(=O)N1CCc2c(cccc2Nc2cccc(-c3ccc(C#N)cc3)c2)C1. The number of nitrogens with one attached hydrogen (secondary N) is 1. The van der Waals surface area contributed by atoms with Gasteiger partial charge in [-0.2, -0.15) is 9.57 Å². The van der Waals surface area contributed by atoms with Crippen LogP contribution in [0.5, 0.6) is 0 Å². The predicted octanol–water partition coefficient (Wildman–Crippen LogP) is 4.29. The van der Waals surface area contributed by atoms with Gasteiger partial charge in [0, 0.05) is 24.5 Å². The van der Waals surface area contributed by atoms with Crippen LogP contribution in [-0.4, -0.2) is 25.5 Å². The Hall–Kier alpha value is -3.14. The molecule has 0 fully saturated rings. The molecule has 4 rings (SSSR count). The second-order valence-electron chi connectivity index (χ2n) is 7.18. The van der Waals surface area contributed by atoms with Crippen LogP contribution < -0.4 is 5.32 Å². The molecule has 3 aromatic carbocycles. The molecule has 0 amide bonds. The molecule has 0 aliphatic carbocycles. The van der Waals surface area contributed by atoms with Crippen molar-refractivity contribution in [3.63, 3.8) is 0 Å². The Kier molecular flexibility index (Phi) is 5.10. The Bertz CT molecular complexity index is 1200. The fourth-order valence-electron chi connectivity index (χ4n) is 3.65. The van der Waals surface area contributed by atoms with Crippen LogP contribution >= 0.6 is 0 Å². The van der Waals surface area contributed by atoms with Gasteiger partial charge in [0.15, 0.2) is 0 Å². The number of hydrogen-bond donors (Lipinski definition) is 1. The van der Waals surface area contributed by atoms with E-state index in [1.54, 1.807) is 0 Å². The molecule has 1 N–H and O–H groups in total. The van der Waals surface area contributed by atoms with Crippen LogP contribution in [0.4, 0.5) is 11.4 Å². The van der Waals surface area contributed by atoms with Crippen molar-refractivity contribution >= 4 is 21.4 Å². The normalized spacial score (nSPS) is 14.1. The van der Waals surface area contributed by atoms with Gasteiger partial charge in [-0.25, -0.2) is 8.42 Å². The van der Waals surface area contributed by atoms with Crippen molar-refractivity contribution in [3.05, 3.63) is 83.4 Å². The van der Waals surface area contributed by atoms with Crippen molar-refractivity contribution in [2.24, 2.45) is 0 Å². The van der Waals surface area contributed by atoms with Crippen LogP contribution in [0.3, 0.4) is 0 Å². The van der Waals surface area contributed by atoms with E-state index in [1.807, 2.05) is 60.7 Å². The second kappa shape index (κ2) is 7.70. The van der Waals surface area contributed by atoms with Crippen molar-refractivity contribution in [2.45, 2.75) is 13.0 Å². The molecule has 0 saturated carbocycles. The summed E-state index contributed by atoms with van der Waals surface area (Å²) < 4.78 is 25.3. The molecule has 0 atom stereocenters. The standard InChI is InChI=1S/C23H21N3O2S/c1-29(27,28)26-13-12-22-20(16-26)5-3-7-23(22)25-21-6-2-4-19(14-21)18-10-8-17(15-24)9-11-18/h2-11,14,25H,12-13,16H2,1H3. The minimum Gasteiger partial charge on any atom is -0.355 e. The Balaban J connectivity index is 1.60. The summed E-state index contributed by atoms with van der Waals surface area (Å²) in [6, 6.07) is 23.8. The molecular formula is C23H21N3O2S. The largest absolute Gasteiger partial charge is 0.355 e. The second-order valence-corrected chi connectivity index (χ2v) is 9.17. The zero-order valence-electron chi connectivity index (χ0n) is 16.1. The third-order valence-electron chi connectivity index (χ3n) is 5.19. The van der Waals surface area contributed by atoms with E-state index < -0.39 is 10.0 Å². The van der Waals surface area contributed by atoms with Gasteiger partial charge in [0.2, 0.25) is 10.0 Å². The first-order valence-corrected chi connectivity index (χ1v) is 11.2. The molecule has 0 bridgehead atoms. The number of hydrogen-bond acceptors (Lipinski definition) is 4. The van der Waals surface area contributed by atoms with Gasteiger partial charge in [0.25, 0.3) is 0 Å². The lowest BCUT2D eigenvalue weighted by Gasteiger charge is -2.28. The number of benzene rings is 3. The Labute approximate surface area is 171 Å². The van der Waals surface area contributed by atoms with Gasteiger partial charge in [-0.1, -0.05) is 36.4 Å². The van der Waals surface area contributed by atoms with E-state index in [1.165, 1.54) is 10.6 Å². The average molecular weight is 404 g/mol. The van der Waals surface area contributed by atoms with E-state index in [4.69, 9.17) is 5.26 Å². The van der Waals surface area contributed by atoms with Gasteiger partial charge >= 0.3 is 0 Å². The molecule has 1 aliphatic rings. The summed E-state index contributed by atoms with van der Waals surface area (Å²) in [5.74, 6) is 0. The summed E-state index contributed by atoms with van der Waals surface area (Å²) in [6.07, 6.45) is 1.94. The average Bonchev–Trinajstić information content (AvgIpc) is 2.73. The van der Waals surface area contributed by atoms with Gasteiger partial charge < -0.3 is 5.32 Å². The van der Waals surface area contributed by atoms with Crippen molar-refractivity contribution in [1.82, 2.24) is 4.31 Å². The molecule has 1 heterocycles. The highest BCUT2D eigenvalue weighted by molar-refractivity contribution is 7.88. The zero-order valence-corrected chi connectivity index (χ0v) is 16.9. The van der Waals surface area contributed by atoms with Crippen LogP contribution in [0.25, 0.3) is 11.1 Å². The maximum Gasteiger partial charge on any atom is 0.211 e. The minimum atomic E-state index is -3.19. The lowest BCUT2D eigenvalue weighted by Crippen LogP contribution is -2.35. The molecule has 146 valence electrons. The molecular weight excluding hydrogens is 382 g/mol. The quantitative estimate of drug-likeness (QED) is 0.705. The maximum atomic E-state index is 11.9. The van der Waals surface area contributed by atoms with E-state index in [-0.39, 0.29) is 0 Å². The fraction of sp³-hybridized carbons (Fsp3) is 0.174. The highest BCUT2D eigenvalue weighted by Gasteiger charge is 2.24. The van der Waals surface area contributed by atoms with Crippen LogP contribution in [0.15, 0.2) is 66.7 Å². The number of nitriles is 1. The third-order valence-corrected chi connectivity index (χ3v) is 6.44. The summed E-state index contributed by atoms with van der Waals surface area (Å²) in [5, 5.41) is 12.5. The van der Waals surface area contributed by atoms with Crippen LogP contribution in [-0.2, 0) is 23.0 Å². The molecule has 5 nitrogen and oxygen atoms in total. The van der Waals surface area contributed by atoms with Gasteiger partial charge in [0.05, 0.1) is 17.9 Å². The molecule has 0 aromatic heterocycles. The monoisotopic (exact) mass is 403 g/mol. The van der Waals surface area contributed by atoms with Gasteiger partial charge in [0.1, 0.15) is 0 Å². The maximum absolute atomic E-state index is 11.9. The lowest BCUT2D eigenvalue weighted by atomic mass is 9.98. The molecule has 1 aliphatic heterocycles. The summed E-state index contributed by atoms with van der Waals surface area (Å²) in [4.78, 5) is 0. The van der Waals surface area contributed by atoms with Crippen LogP contribution in [0.1, 0.15) is 16.7 Å². The molecule has 0 unspecified atom stereocenters.